The van der Waals surface area contributed by atoms with Gasteiger partial charge in [0, 0.05) is 17.4 Å². The highest BCUT2D eigenvalue weighted by Crippen LogP contribution is 2.28. The molecule has 2 aromatic carbocycles. The maximum absolute atomic E-state index is 12.3. The number of rotatable bonds is 9. The zero-order valence-corrected chi connectivity index (χ0v) is 18.8. The van der Waals surface area contributed by atoms with Gasteiger partial charge in [0.15, 0.2) is 11.0 Å². The molecule has 0 fully saturated rings. The minimum Gasteiger partial charge on any atom is -0.494 e. The van der Waals surface area contributed by atoms with Crippen LogP contribution >= 0.6 is 11.8 Å². The summed E-state index contributed by atoms with van der Waals surface area (Å²) in [6.07, 6.45) is 3.16. The predicted octanol–water partition coefficient (Wildman–Crippen LogP) is 3.97. The molecule has 0 aliphatic heterocycles. The monoisotopic (exact) mass is 458 g/mol. The quantitative estimate of drug-likeness (QED) is 0.232. The van der Waals surface area contributed by atoms with E-state index in [1.54, 1.807) is 12.3 Å². The van der Waals surface area contributed by atoms with Crippen LogP contribution in [0.4, 0.5) is 0 Å². The van der Waals surface area contributed by atoms with Crippen molar-refractivity contribution in [3.05, 3.63) is 84.7 Å². The average molecular weight is 459 g/mol. The molecule has 0 radical (unpaired) electrons. The molecule has 33 heavy (non-hydrogen) atoms. The SMILES string of the molecule is CCOc1ccc(-n2c(SCC(=O)NN=Cc3ccccn3)nnc2-c2ccccc2)cc1. The van der Waals surface area contributed by atoms with Gasteiger partial charge in [0.1, 0.15) is 5.75 Å². The Labute approximate surface area is 195 Å². The number of amides is 1. The number of pyridine rings is 1. The van der Waals surface area contributed by atoms with Gasteiger partial charge in [0.05, 0.1) is 24.3 Å². The summed E-state index contributed by atoms with van der Waals surface area (Å²) in [5.74, 6) is 1.35. The number of hydrogen-bond donors (Lipinski definition) is 1. The van der Waals surface area contributed by atoms with Crippen molar-refractivity contribution in [1.29, 1.82) is 0 Å². The van der Waals surface area contributed by atoms with E-state index < -0.39 is 0 Å². The Morgan fingerprint density at radius 2 is 1.85 bits per heavy atom. The second-order valence-corrected chi connectivity index (χ2v) is 7.71. The summed E-state index contributed by atoms with van der Waals surface area (Å²) in [5, 5.41) is 13.3. The molecule has 0 bridgehead atoms. The van der Waals surface area contributed by atoms with Crippen LogP contribution in [-0.2, 0) is 4.79 Å². The fourth-order valence-corrected chi connectivity index (χ4v) is 3.76. The van der Waals surface area contributed by atoms with E-state index in [2.05, 4.69) is 25.7 Å². The summed E-state index contributed by atoms with van der Waals surface area (Å²) >= 11 is 1.28. The van der Waals surface area contributed by atoms with Gasteiger partial charge in [-0.1, -0.05) is 48.2 Å². The first-order valence-corrected chi connectivity index (χ1v) is 11.3. The van der Waals surface area contributed by atoms with Crippen LogP contribution in [0.1, 0.15) is 12.6 Å². The standard InChI is InChI=1S/C24H22N6O2S/c1-2-32-21-13-11-20(12-14-21)30-23(18-8-4-3-5-9-18)28-29-24(30)33-17-22(31)27-26-16-19-10-6-7-15-25-19/h3-16H,2,17H2,1H3,(H,27,31). The van der Waals surface area contributed by atoms with Gasteiger partial charge in [-0.25, -0.2) is 5.43 Å². The van der Waals surface area contributed by atoms with Crippen molar-refractivity contribution < 1.29 is 9.53 Å². The number of nitrogens with zero attached hydrogens (tertiary/aromatic N) is 5. The number of hydrazone groups is 1. The van der Waals surface area contributed by atoms with E-state index in [1.807, 2.05) is 78.2 Å². The highest BCUT2D eigenvalue weighted by Gasteiger charge is 2.17. The van der Waals surface area contributed by atoms with Gasteiger partial charge >= 0.3 is 0 Å². The molecule has 0 atom stereocenters. The minimum absolute atomic E-state index is 0.128. The first-order chi connectivity index (χ1) is 16.2. The van der Waals surface area contributed by atoms with Crippen LogP contribution in [0.5, 0.6) is 5.75 Å². The minimum atomic E-state index is -0.255. The van der Waals surface area contributed by atoms with Crippen molar-refractivity contribution in [2.45, 2.75) is 12.1 Å². The largest absolute Gasteiger partial charge is 0.494 e. The molecule has 0 spiro atoms. The molecule has 1 amide bonds. The molecule has 8 nitrogen and oxygen atoms in total. The Balaban J connectivity index is 1.52. The van der Waals surface area contributed by atoms with Gasteiger partial charge < -0.3 is 4.74 Å². The van der Waals surface area contributed by atoms with Gasteiger partial charge in [0.25, 0.3) is 5.91 Å². The second-order valence-electron chi connectivity index (χ2n) is 6.77. The summed E-state index contributed by atoms with van der Waals surface area (Å²) < 4.78 is 7.49. The number of ether oxygens (including phenoxy) is 1. The van der Waals surface area contributed by atoms with Crippen LogP contribution in [0.3, 0.4) is 0 Å². The number of thioether (sulfide) groups is 1. The smallest absolute Gasteiger partial charge is 0.250 e. The number of hydrogen-bond acceptors (Lipinski definition) is 7. The highest BCUT2D eigenvalue weighted by atomic mass is 32.2. The molecule has 2 heterocycles. The molecule has 2 aromatic heterocycles. The van der Waals surface area contributed by atoms with Crippen molar-refractivity contribution in [3.8, 4) is 22.8 Å². The molecule has 0 saturated carbocycles. The molecule has 0 aliphatic rings. The number of carbonyl (C=O) groups is 1. The molecule has 0 saturated heterocycles. The van der Waals surface area contributed by atoms with E-state index in [1.165, 1.54) is 18.0 Å². The van der Waals surface area contributed by atoms with Crippen LogP contribution in [0.2, 0.25) is 0 Å². The second kappa shape index (κ2) is 11.1. The molecule has 4 rings (SSSR count). The summed E-state index contributed by atoms with van der Waals surface area (Å²) in [6, 6.07) is 23.0. The molecule has 0 aliphatic carbocycles. The van der Waals surface area contributed by atoms with Crippen LogP contribution in [-0.4, -0.2) is 44.2 Å². The van der Waals surface area contributed by atoms with Crippen LogP contribution in [0.15, 0.2) is 89.3 Å². The van der Waals surface area contributed by atoms with Crippen LogP contribution in [0.25, 0.3) is 17.1 Å². The summed E-state index contributed by atoms with van der Waals surface area (Å²) in [5.41, 5.74) is 4.98. The van der Waals surface area contributed by atoms with E-state index >= 15 is 0 Å². The molecule has 0 unspecified atom stereocenters. The normalized spacial score (nSPS) is 10.9. The maximum atomic E-state index is 12.3. The van der Waals surface area contributed by atoms with E-state index in [0.29, 0.717) is 23.3 Å². The van der Waals surface area contributed by atoms with Gasteiger partial charge in [-0.3, -0.25) is 14.3 Å². The van der Waals surface area contributed by atoms with Gasteiger partial charge in [-0.05, 0) is 43.3 Å². The zero-order valence-electron chi connectivity index (χ0n) is 18.0. The first kappa shape index (κ1) is 22.2. The fraction of sp³-hybridized carbons (Fsp3) is 0.125. The lowest BCUT2D eigenvalue weighted by molar-refractivity contribution is -0.118. The lowest BCUT2D eigenvalue weighted by Gasteiger charge is -2.11. The number of benzene rings is 2. The van der Waals surface area contributed by atoms with Crippen molar-refractivity contribution in [3.63, 3.8) is 0 Å². The molecule has 1 N–H and O–H groups in total. The Bertz CT molecular complexity index is 1210. The summed E-state index contributed by atoms with van der Waals surface area (Å²) in [7, 11) is 0. The summed E-state index contributed by atoms with van der Waals surface area (Å²) in [6.45, 7) is 2.54. The lowest BCUT2D eigenvalue weighted by atomic mass is 10.2. The average Bonchev–Trinajstić information content (AvgIpc) is 3.29. The zero-order chi connectivity index (χ0) is 22.9. The molecule has 166 valence electrons. The van der Waals surface area contributed by atoms with Gasteiger partial charge in [-0.2, -0.15) is 5.10 Å². The van der Waals surface area contributed by atoms with E-state index in [-0.39, 0.29) is 11.7 Å². The maximum Gasteiger partial charge on any atom is 0.250 e. The molecule has 4 aromatic rings. The van der Waals surface area contributed by atoms with E-state index in [0.717, 1.165) is 17.0 Å². The number of carbonyl (C=O) groups excluding carboxylic acids is 1. The third-order valence-electron chi connectivity index (χ3n) is 4.48. The number of aromatic nitrogens is 4. The number of nitrogens with one attached hydrogen (secondary N) is 1. The van der Waals surface area contributed by atoms with E-state index in [9.17, 15) is 4.79 Å². The summed E-state index contributed by atoms with van der Waals surface area (Å²) in [4.78, 5) is 16.4. The van der Waals surface area contributed by atoms with Crippen molar-refractivity contribution in [2.24, 2.45) is 5.10 Å². The Hall–Kier alpha value is -3.98. The topological polar surface area (TPSA) is 94.3 Å². The Morgan fingerprint density at radius 1 is 1.06 bits per heavy atom. The van der Waals surface area contributed by atoms with Gasteiger partial charge in [-0.15, -0.1) is 10.2 Å². The molecular weight excluding hydrogens is 436 g/mol. The first-order valence-electron chi connectivity index (χ1n) is 10.3. The van der Waals surface area contributed by atoms with Crippen molar-refractivity contribution >= 4 is 23.9 Å². The fourth-order valence-electron chi connectivity index (χ4n) is 3.01. The van der Waals surface area contributed by atoms with Crippen LogP contribution in [0, 0.1) is 0 Å². The Morgan fingerprint density at radius 3 is 2.58 bits per heavy atom. The predicted molar refractivity (Wildman–Crippen MR) is 129 cm³/mol. The molecule has 9 heteroatoms. The van der Waals surface area contributed by atoms with Crippen molar-refractivity contribution in [2.75, 3.05) is 12.4 Å². The van der Waals surface area contributed by atoms with Crippen LogP contribution < -0.4 is 10.2 Å². The van der Waals surface area contributed by atoms with Crippen molar-refractivity contribution in [1.82, 2.24) is 25.2 Å². The third kappa shape index (κ3) is 5.83. The van der Waals surface area contributed by atoms with E-state index in [4.69, 9.17) is 4.74 Å². The Kier molecular flexibility index (Phi) is 7.44. The highest BCUT2D eigenvalue weighted by molar-refractivity contribution is 7.99. The third-order valence-corrected chi connectivity index (χ3v) is 5.41. The molecular formula is C24H22N6O2S. The lowest BCUT2D eigenvalue weighted by Crippen LogP contribution is -2.20. The van der Waals surface area contributed by atoms with Gasteiger partial charge in [0.2, 0.25) is 0 Å².